The molecule has 11 nitrogen and oxygen atoms in total. The molecule has 12 heteroatoms. The highest BCUT2D eigenvalue weighted by Gasteiger charge is 2.37. The van der Waals surface area contributed by atoms with Crippen molar-refractivity contribution in [3.8, 4) is 28.5 Å². The normalized spacial score (nSPS) is 17.8. The van der Waals surface area contributed by atoms with Gasteiger partial charge in [-0.15, -0.1) is 0 Å². The summed E-state index contributed by atoms with van der Waals surface area (Å²) < 4.78 is 16.1. The molecular weight excluding hydrogens is 752 g/mol. The molecule has 6 heterocycles. The molecule has 10 rings (SSSR count). The number of piperazine rings is 1. The number of hydrogen-bond donors (Lipinski definition) is 1. The van der Waals surface area contributed by atoms with Gasteiger partial charge in [-0.3, -0.25) is 19.4 Å². The van der Waals surface area contributed by atoms with Crippen LogP contribution in [-0.4, -0.2) is 93.4 Å². The molecule has 1 atom stereocenters. The fourth-order valence-electron chi connectivity index (χ4n) is 9.29. The first-order valence-electron chi connectivity index (χ1n) is 20.0. The first-order valence-corrected chi connectivity index (χ1v) is 20.4. The molecule has 1 N–H and O–H groups in total. The van der Waals surface area contributed by atoms with Crippen LogP contribution in [0.1, 0.15) is 44.0 Å². The van der Waals surface area contributed by atoms with E-state index in [9.17, 15) is 5.11 Å². The maximum absolute atomic E-state index is 15.3. The minimum absolute atomic E-state index is 0.0668. The van der Waals surface area contributed by atoms with Gasteiger partial charge in [-0.2, -0.15) is 0 Å². The summed E-state index contributed by atoms with van der Waals surface area (Å²) in [6, 6.07) is 26.3. The minimum Gasteiger partial charge on any atom is -0.508 e. The molecular formula is C46H45ClN6O5. The number of aromatic hydroxyl groups is 1. The molecule has 6 aromatic rings. The van der Waals surface area contributed by atoms with Crippen molar-refractivity contribution in [2.45, 2.75) is 38.4 Å². The van der Waals surface area contributed by atoms with Crippen LogP contribution < -0.4 is 14.4 Å². The Balaban J connectivity index is 1.07. The van der Waals surface area contributed by atoms with Crippen LogP contribution in [0.2, 0.25) is 5.02 Å². The number of phenols is 1. The predicted molar refractivity (Wildman–Crippen MR) is 225 cm³/mol. The highest BCUT2D eigenvalue weighted by atomic mass is 35.5. The van der Waals surface area contributed by atoms with E-state index in [-0.39, 0.29) is 30.4 Å². The number of aryl methyl sites for hydroxylation is 1. The smallest absolute Gasteiger partial charge is 0.264 e. The molecule has 4 aliphatic heterocycles. The Hall–Kier alpha value is -5.75. The number of anilines is 2. The minimum atomic E-state index is -0.191. The number of carbonyl (C=O) groups is 2. The van der Waals surface area contributed by atoms with Crippen molar-refractivity contribution in [1.82, 2.24) is 23.8 Å². The lowest BCUT2D eigenvalue weighted by atomic mass is 9.91. The van der Waals surface area contributed by atoms with E-state index in [4.69, 9.17) is 21.1 Å². The summed E-state index contributed by atoms with van der Waals surface area (Å²) in [4.78, 5) is 39.0. The van der Waals surface area contributed by atoms with Crippen molar-refractivity contribution in [2.24, 2.45) is 7.05 Å². The summed E-state index contributed by atoms with van der Waals surface area (Å²) in [5.41, 5.74) is 8.06. The number of halogens is 1. The van der Waals surface area contributed by atoms with Gasteiger partial charge in [-0.25, -0.2) is 0 Å². The van der Waals surface area contributed by atoms with E-state index < -0.39 is 0 Å². The van der Waals surface area contributed by atoms with Crippen molar-refractivity contribution >= 4 is 45.7 Å². The lowest BCUT2D eigenvalue weighted by Gasteiger charge is -2.42. The summed E-state index contributed by atoms with van der Waals surface area (Å²) in [5.74, 6) is 0.930. The van der Waals surface area contributed by atoms with Gasteiger partial charge in [0.25, 0.3) is 11.8 Å². The van der Waals surface area contributed by atoms with E-state index in [1.807, 2.05) is 72.7 Å². The van der Waals surface area contributed by atoms with Gasteiger partial charge in [0, 0.05) is 109 Å². The lowest BCUT2D eigenvalue weighted by Crippen LogP contribution is -2.53. The van der Waals surface area contributed by atoms with Crippen LogP contribution in [0, 0.1) is 0 Å². The third-order valence-electron chi connectivity index (χ3n) is 12.5. The van der Waals surface area contributed by atoms with E-state index in [0.29, 0.717) is 65.5 Å². The van der Waals surface area contributed by atoms with Crippen molar-refractivity contribution in [1.29, 1.82) is 0 Å². The molecule has 0 unspecified atom stereocenters. The highest BCUT2D eigenvalue weighted by molar-refractivity contribution is 6.31. The molecule has 0 aliphatic carbocycles. The molecule has 0 bridgehead atoms. The van der Waals surface area contributed by atoms with Crippen molar-refractivity contribution in [2.75, 3.05) is 51.5 Å². The van der Waals surface area contributed by atoms with Gasteiger partial charge >= 0.3 is 0 Å². The van der Waals surface area contributed by atoms with E-state index in [0.717, 1.165) is 77.6 Å². The monoisotopic (exact) mass is 796 g/mol. The number of aromatic nitrogens is 2. The van der Waals surface area contributed by atoms with Crippen LogP contribution in [-0.2, 0) is 33.0 Å². The lowest BCUT2D eigenvalue weighted by molar-refractivity contribution is 0.0536. The third kappa shape index (κ3) is 6.38. The maximum Gasteiger partial charge on any atom is 0.264 e. The Bertz CT molecular complexity index is 2590. The summed E-state index contributed by atoms with van der Waals surface area (Å²) in [6.07, 6.45) is 4.24. The number of phenolic OH excluding ortho intramolecular Hbond substituents is 1. The summed E-state index contributed by atoms with van der Waals surface area (Å²) in [6.45, 7) is 5.79. The number of fused-ring (bicyclic) bond motifs is 4. The second kappa shape index (κ2) is 14.6. The number of carbonyl (C=O) groups excluding carboxylic acids is 2. The van der Waals surface area contributed by atoms with Gasteiger partial charge < -0.3 is 33.5 Å². The molecule has 2 amide bonds. The molecule has 0 saturated carbocycles. The fraction of sp³-hybridized carbons (Fsp3) is 0.304. The Morgan fingerprint density at radius 1 is 0.862 bits per heavy atom. The summed E-state index contributed by atoms with van der Waals surface area (Å²) in [7, 11) is 4.15. The standard InChI is InChI=1S/C46H45ClN6O5/c1-48-17-19-50(20-18-48)27-33-22-35-30(5-3-6-39(35)47)26-52(33)45(55)37-25-44-43(57-28-58-44)24-36(37)42-23-38(41-7-4-15-51(41)42)46(56)53(31-8-11-34(54)12-9-31)32-10-13-40-29(21-32)14-16-49(40)2/h3,5-6,8-14,16,21,23-25,33,54H,4,7,15,17-20,22,26-28H2,1-2H3/t33-/m0/s1. The third-order valence-corrected chi connectivity index (χ3v) is 12.8. The highest BCUT2D eigenvalue weighted by Crippen LogP contribution is 2.43. The van der Waals surface area contributed by atoms with E-state index >= 15 is 9.59 Å². The van der Waals surface area contributed by atoms with Crippen LogP contribution in [0.15, 0.2) is 91.1 Å². The van der Waals surface area contributed by atoms with Crippen molar-refractivity contribution in [3.63, 3.8) is 0 Å². The molecule has 0 radical (unpaired) electrons. The van der Waals surface area contributed by atoms with Gasteiger partial charge in [-0.1, -0.05) is 23.7 Å². The van der Waals surface area contributed by atoms with E-state index in [1.165, 1.54) is 0 Å². The van der Waals surface area contributed by atoms with Crippen LogP contribution in [0.4, 0.5) is 11.4 Å². The van der Waals surface area contributed by atoms with Crippen LogP contribution in [0.3, 0.4) is 0 Å². The Kier molecular flexibility index (Phi) is 9.19. The van der Waals surface area contributed by atoms with Gasteiger partial charge in [0.05, 0.1) is 11.1 Å². The van der Waals surface area contributed by atoms with E-state index in [2.05, 4.69) is 32.0 Å². The predicted octanol–water partition coefficient (Wildman–Crippen LogP) is 7.47. The number of amides is 2. The van der Waals surface area contributed by atoms with Gasteiger partial charge in [0.2, 0.25) is 6.79 Å². The van der Waals surface area contributed by atoms with Gasteiger partial charge in [0.1, 0.15) is 5.75 Å². The number of ether oxygens (including phenoxy) is 2. The molecule has 2 aromatic heterocycles. The average molecular weight is 797 g/mol. The van der Waals surface area contributed by atoms with Crippen molar-refractivity contribution < 1.29 is 24.2 Å². The average Bonchev–Trinajstić information content (AvgIpc) is 4.04. The largest absolute Gasteiger partial charge is 0.508 e. The molecule has 1 saturated heterocycles. The molecule has 296 valence electrons. The number of likely N-dealkylation sites (N-methyl/N-ethyl adjacent to an activating group) is 1. The second-order valence-electron chi connectivity index (χ2n) is 16.0. The van der Waals surface area contributed by atoms with Crippen LogP contribution in [0.25, 0.3) is 22.2 Å². The van der Waals surface area contributed by atoms with Gasteiger partial charge in [-0.05, 0) is 110 Å². The van der Waals surface area contributed by atoms with Crippen LogP contribution in [0.5, 0.6) is 17.2 Å². The molecule has 58 heavy (non-hydrogen) atoms. The van der Waals surface area contributed by atoms with E-state index in [1.54, 1.807) is 29.2 Å². The Morgan fingerprint density at radius 2 is 1.64 bits per heavy atom. The Morgan fingerprint density at radius 3 is 2.45 bits per heavy atom. The quantitative estimate of drug-likeness (QED) is 0.179. The second-order valence-corrected chi connectivity index (χ2v) is 16.4. The Labute approximate surface area is 342 Å². The zero-order valence-corrected chi connectivity index (χ0v) is 33.4. The van der Waals surface area contributed by atoms with Gasteiger partial charge in [0.15, 0.2) is 11.5 Å². The number of rotatable bonds is 7. The fourth-order valence-corrected chi connectivity index (χ4v) is 9.57. The number of benzene rings is 4. The summed E-state index contributed by atoms with van der Waals surface area (Å²) >= 11 is 6.80. The number of hydrogen-bond acceptors (Lipinski definition) is 7. The van der Waals surface area contributed by atoms with Crippen molar-refractivity contribution in [3.05, 3.63) is 124 Å². The molecule has 4 aromatic carbocycles. The van der Waals surface area contributed by atoms with Crippen LogP contribution >= 0.6 is 11.6 Å². The SMILES string of the molecule is CN1CCN(C[C@@H]2Cc3c(Cl)cccc3CN2C(=O)c2cc3c(cc2-c2cc(C(=O)N(c4ccc(O)cc4)c4ccc5c(ccn5C)c4)c4n2CCC4)OCO3)CC1. The number of nitrogens with zero attached hydrogens (tertiary/aromatic N) is 6. The first-order chi connectivity index (χ1) is 28.2. The zero-order chi connectivity index (χ0) is 39.7. The summed E-state index contributed by atoms with van der Waals surface area (Å²) in [5, 5.41) is 11.9. The maximum atomic E-state index is 15.3. The first kappa shape index (κ1) is 36.6. The topological polar surface area (TPSA) is 95.7 Å². The molecule has 1 fully saturated rings. The molecule has 4 aliphatic rings. The zero-order valence-electron chi connectivity index (χ0n) is 32.7. The molecule has 0 spiro atoms.